The highest BCUT2D eigenvalue weighted by molar-refractivity contribution is 5.90. The fraction of sp³-hybridized carbons (Fsp3) is 0.556. The number of nitrogens with zero attached hydrogens (tertiary/aromatic N) is 1. The summed E-state index contributed by atoms with van der Waals surface area (Å²) in [6, 6.07) is 9.56. The first kappa shape index (κ1) is 17.3. The van der Waals surface area contributed by atoms with E-state index in [0.717, 1.165) is 24.8 Å². The van der Waals surface area contributed by atoms with Crippen molar-refractivity contribution in [1.82, 2.24) is 10.2 Å². The van der Waals surface area contributed by atoms with Crippen LogP contribution < -0.4 is 5.32 Å². The largest absolute Gasteiger partial charge is 0.445 e. The Hall–Kier alpha value is -2.04. The predicted octanol–water partition coefficient (Wildman–Crippen LogP) is 3.09. The fourth-order valence-corrected chi connectivity index (χ4v) is 2.86. The summed E-state index contributed by atoms with van der Waals surface area (Å²) in [6.07, 6.45) is 3.04. The fourth-order valence-electron chi connectivity index (χ4n) is 2.86. The number of carbonyl (C=O) groups excluding carboxylic acids is 2. The van der Waals surface area contributed by atoms with E-state index in [0.29, 0.717) is 19.5 Å². The van der Waals surface area contributed by atoms with E-state index in [1.165, 1.54) is 0 Å². The molecule has 1 atom stereocenters. The van der Waals surface area contributed by atoms with Gasteiger partial charge in [-0.3, -0.25) is 9.69 Å². The van der Waals surface area contributed by atoms with Crippen molar-refractivity contribution in [2.45, 2.75) is 51.7 Å². The number of amides is 2. The molecular weight excluding hydrogens is 292 g/mol. The van der Waals surface area contributed by atoms with Gasteiger partial charge in [0.2, 0.25) is 5.91 Å². The highest BCUT2D eigenvalue weighted by Crippen LogP contribution is 2.30. The zero-order chi connectivity index (χ0) is 16.7. The van der Waals surface area contributed by atoms with Crippen LogP contribution in [0.1, 0.15) is 45.1 Å². The third-order valence-corrected chi connectivity index (χ3v) is 4.37. The van der Waals surface area contributed by atoms with Crippen molar-refractivity contribution in [1.29, 1.82) is 0 Å². The first-order chi connectivity index (χ1) is 11.1. The summed E-state index contributed by atoms with van der Waals surface area (Å²) in [5.41, 5.74) is 0.135. The topological polar surface area (TPSA) is 58.6 Å². The maximum absolute atomic E-state index is 12.5. The molecule has 0 aliphatic carbocycles. The van der Waals surface area contributed by atoms with Gasteiger partial charge in [0.15, 0.2) is 0 Å². The first-order valence-corrected chi connectivity index (χ1v) is 8.34. The van der Waals surface area contributed by atoms with Gasteiger partial charge in [-0.15, -0.1) is 0 Å². The molecule has 1 aliphatic heterocycles. The molecular formula is C18H26N2O3. The van der Waals surface area contributed by atoms with Crippen molar-refractivity contribution in [3.8, 4) is 0 Å². The second-order valence-electron chi connectivity index (χ2n) is 6.18. The van der Waals surface area contributed by atoms with Crippen LogP contribution in [0, 0.1) is 0 Å². The normalized spacial score (nSPS) is 20.3. The van der Waals surface area contributed by atoms with Crippen LogP contribution >= 0.6 is 0 Å². The lowest BCUT2D eigenvalue weighted by Crippen LogP contribution is -2.55. The van der Waals surface area contributed by atoms with E-state index < -0.39 is 11.6 Å². The molecule has 5 heteroatoms. The molecule has 1 heterocycles. The molecule has 1 aliphatic rings. The Morgan fingerprint density at radius 3 is 2.74 bits per heavy atom. The van der Waals surface area contributed by atoms with Gasteiger partial charge < -0.3 is 10.1 Å². The zero-order valence-corrected chi connectivity index (χ0v) is 14.0. The van der Waals surface area contributed by atoms with Gasteiger partial charge in [-0.1, -0.05) is 43.7 Å². The molecule has 126 valence electrons. The van der Waals surface area contributed by atoms with Crippen LogP contribution in [0.25, 0.3) is 0 Å². The van der Waals surface area contributed by atoms with Crippen molar-refractivity contribution in [2.24, 2.45) is 0 Å². The van der Waals surface area contributed by atoms with Gasteiger partial charge in [0, 0.05) is 13.1 Å². The lowest BCUT2D eigenvalue weighted by molar-refractivity contribution is -0.130. The molecule has 1 N–H and O–H groups in total. The molecule has 0 saturated carbocycles. The monoisotopic (exact) mass is 318 g/mol. The second-order valence-corrected chi connectivity index (χ2v) is 6.18. The van der Waals surface area contributed by atoms with E-state index in [2.05, 4.69) is 12.2 Å². The van der Waals surface area contributed by atoms with Crippen LogP contribution in [0.5, 0.6) is 0 Å². The third-order valence-electron chi connectivity index (χ3n) is 4.37. The molecule has 0 bridgehead atoms. The van der Waals surface area contributed by atoms with Crippen LogP contribution in [-0.4, -0.2) is 35.5 Å². The Labute approximate surface area is 138 Å². The quantitative estimate of drug-likeness (QED) is 0.820. The van der Waals surface area contributed by atoms with E-state index in [-0.39, 0.29) is 12.5 Å². The molecule has 1 fully saturated rings. The molecule has 23 heavy (non-hydrogen) atoms. The second kappa shape index (κ2) is 7.99. The Bertz CT molecular complexity index is 532. The average molecular weight is 318 g/mol. The smallest absolute Gasteiger partial charge is 0.410 e. The Balaban J connectivity index is 1.94. The Kier molecular flexibility index (Phi) is 6.02. The van der Waals surface area contributed by atoms with Crippen LogP contribution in [0.15, 0.2) is 30.3 Å². The van der Waals surface area contributed by atoms with E-state index in [9.17, 15) is 9.59 Å². The molecule has 2 amide bonds. The number of ether oxygens (including phenoxy) is 1. The number of nitrogens with one attached hydrogen (secondary N) is 1. The van der Waals surface area contributed by atoms with Crippen molar-refractivity contribution in [3.05, 3.63) is 35.9 Å². The SMILES string of the molecule is CCCCNC(=O)C1(C)CCCN1C(=O)OCc1ccccc1. The zero-order valence-electron chi connectivity index (χ0n) is 14.0. The summed E-state index contributed by atoms with van der Waals surface area (Å²) in [7, 11) is 0. The van der Waals surface area contributed by atoms with Crippen LogP contribution in [0.4, 0.5) is 4.79 Å². The maximum atomic E-state index is 12.5. The summed E-state index contributed by atoms with van der Waals surface area (Å²) < 4.78 is 5.39. The number of rotatable bonds is 6. The molecule has 2 rings (SSSR count). The molecule has 1 aromatic carbocycles. The highest BCUT2D eigenvalue weighted by Gasteiger charge is 2.46. The van der Waals surface area contributed by atoms with Crippen molar-refractivity contribution in [3.63, 3.8) is 0 Å². The van der Waals surface area contributed by atoms with Crippen LogP contribution in [0.2, 0.25) is 0 Å². The number of likely N-dealkylation sites (tertiary alicyclic amines) is 1. The highest BCUT2D eigenvalue weighted by atomic mass is 16.6. The van der Waals surface area contributed by atoms with E-state index in [1.807, 2.05) is 37.3 Å². The van der Waals surface area contributed by atoms with Gasteiger partial charge in [-0.05, 0) is 31.7 Å². The van der Waals surface area contributed by atoms with Crippen LogP contribution in [0.3, 0.4) is 0 Å². The van der Waals surface area contributed by atoms with Gasteiger partial charge in [0.05, 0.1) is 0 Å². The molecule has 1 unspecified atom stereocenters. The molecule has 1 aromatic rings. The Morgan fingerprint density at radius 1 is 1.30 bits per heavy atom. The lowest BCUT2D eigenvalue weighted by Gasteiger charge is -2.33. The van der Waals surface area contributed by atoms with Crippen molar-refractivity contribution < 1.29 is 14.3 Å². The standard InChI is InChI=1S/C18H26N2O3/c1-3-4-12-19-16(21)18(2)11-8-13-20(18)17(22)23-14-15-9-6-5-7-10-15/h5-7,9-10H,3-4,8,11-14H2,1-2H3,(H,19,21). The minimum absolute atomic E-state index is 0.0832. The average Bonchev–Trinajstić information content (AvgIpc) is 2.97. The van der Waals surface area contributed by atoms with Crippen molar-refractivity contribution in [2.75, 3.05) is 13.1 Å². The van der Waals surface area contributed by atoms with Gasteiger partial charge in [-0.25, -0.2) is 4.79 Å². The predicted molar refractivity (Wildman–Crippen MR) is 88.9 cm³/mol. The summed E-state index contributed by atoms with van der Waals surface area (Å²) in [4.78, 5) is 26.4. The van der Waals surface area contributed by atoms with Crippen molar-refractivity contribution >= 4 is 12.0 Å². The minimum atomic E-state index is -0.804. The van der Waals surface area contributed by atoms with E-state index in [4.69, 9.17) is 4.74 Å². The molecule has 1 saturated heterocycles. The van der Waals surface area contributed by atoms with Gasteiger partial charge in [0.1, 0.15) is 12.1 Å². The maximum Gasteiger partial charge on any atom is 0.410 e. The molecule has 5 nitrogen and oxygen atoms in total. The number of benzene rings is 1. The number of hydrogen-bond donors (Lipinski definition) is 1. The lowest BCUT2D eigenvalue weighted by atomic mass is 9.98. The third kappa shape index (κ3) is 4.24. The Morgan fingerprint density at radius 2 is 2.04 bits per heavy atom. The van der Waals surface area contributed by atoms with E-state index >= 15 is 0 Å². The van der Waals surface area contributed by atoms with E-state index in [1.54, 1.807) is 4.90 Å². The summed E-state index contributed by atoms with van der Waals surface area (Å²) in [6.45, 7) is 5.34. The molecule has 0 aromatic heterocycles. The minimum Gasteiger partial charge on any atom is -0.445 e. The molecule has 0 spiro atoms. The number of unbranched alkanes of at least 4 members (excludes halogenated alkanes) is 1. The van der Waals surface area contributed by atoms with Gasteiger partial charge >= 0.3 is 6.09 Å². The molecule has 0 radical (unpaired) electrons. The van der Waals surface area contributed by atoms with Gasteiger partial charge in [0.25, 0.3) is 0 Å². The number of hydrogen-bond acceptors (Lipinski definition) is 3. The van der Waals surface area contributed by atoms with Crippen LogP contribution in [-0.2, 0) is 16.1 Å². The van der Waals surface area contributed by atoms with Gasteiger partial charge in [-0.2, -0.15) is 0 Å². The first-order valence-electron chi connectivity index (χ1n) is 8.34. The summed E-state index contributed by atoms with van der Waals surface area (Å²) in [5.74, 6) is -0.0832. The number of carbonyl (C=O) groups is 2. The summed E-state index contributed by atoms with van der Waals surface area (Å²) >= 11 is 0. The summed E-state index contributed by atoms with van der Waals surface area (Å²) in [5, 5.41) is 2.94.